The minimum Gasteiger partial charge on any atom is -0.381 e. The van der Waals surface area contributed by atoms with Crippen LogP contribution in [0.5, 0.6) is 0 Å². The zero-order valence-corrected chi connectivity index (χ0v) is 19.6. The van der Waals surface area contributed by atoms with E-state index in [2.05, 4.69) is 58.3 Å². The van der Waals surface area contributed by atoms with E-state index < -0.39 is 0 Å². The summed E-state index contributed by atoms with van der Waals surface area (Å²) in [6.07, 6.45) is 2.26. The monoisotopic (exact) mass is 447 g/mol. The van der Waals surface area contributed by atoms with Gasteiger partial charge in [-0.1, -0.05) is 26.0 Å². The first-order valence-electron chi connectivity index (χ1n) is 10.8. The van der Waals surface area contributed by atoms with Crippen LogP contribution in [0.15, 0.2) is 41.1 Å². The first-order valence-corrected chi connectivity index (χ1v) is 12.8. The summed E-state index contributed by atoms with van der Waals surface area (Å²) in [5.41, 5.74) is 3.34. The van der Waals surface area contributed by atoms with Gasteiger partial charge in [-0.3, -0.25) is 4.90 Å². The minimum absolute atomic E-state index is 0.156. The van der Waals surface area contributed by atoms with Gasteiger partial charge in [-0.15, -0.1) is 0 Å². The Morgan fingerprint density at radius 1 is 1.27 bits per heavy atom. The van der Waals surface area contributed by atoms with Gasteiger partial charge in [0.1, 0.15) is 0 Å². The van der Waals surface area contributed by atoms with Crippen molar-refractivity contribution in [3.63, 3.8) is 0 Å². The van der Waals surface area contributed by atoms with Crippen molar-refractivity contribution in [3.05, 3.63) is 52.2 Å². The average molecular weight is 448 g/mol. The van der Waals surface area contributed by atoms with Crippen molar-refractivity contribution in [2.75, 3.05) is 38.2 Å². The third-order valence-electron chi connectivity index (χ3n) is 5.48. The number of thiophene rings is 1. The highest BCUT2D eigenvalue weighted by molar-refractivity contribution is 7.99. The van der Waals surface area contributed by atoms with Crippen LogP contribution in [0.2, 0.25) is 0 Å². The zero-order chi connectivity index (χ0) is 21.2. The van der Waals surface area contributed by atoms with Gasteiger partial charge >= 0.3 is 6.03 Å². The average Bonchev–Trinajstić information content (AvgIpc) is 3.31. The molecule has 1 atom stereocenters. The Hall–Kier alpha value is -1.54. The molecule has 30 heavy (non-hydrogen) atoms. The number of urea groups is 1. The van der Waals surface area contributed by atoms with Gasteiger partial charge in [0.25, 0.3) is 0 Å². The highest BCUT2D eigenvalue weighted by atomic mass is 32.2. The first-order chi connectivity index (χ1) is 14.7. The SMILES string of the molecule is CCN(CC)C(CNC(=O)Nc1cccc(CSC2CCOCC2)c1)c1ccsc1. The van der Waals surface area contributed by atoms with E-state index in [0.717, 1.165) is 50.6 Å². The van der Waals surface area contributed by atoms with Crippen molar-refractivity contribution in [3.8, 4) is 0 Å². The predicted molar refractivity (Wildman–Crippen MR) is 129 cm³/mol. The van der Waals surface area contributed by atoms with E-state index in [-0.39, 0.29) is 12.1 Å². The molecule has 2 N–H and O–H groups in total. The Bertz CT molecular complexity index is 760. The summed E-state index contributed by atoms with van der Waals surface area (Å²) in [6.45, 7) is 8.56. The van der Waals surface area contributed by atoms with Gasteiger partial charge in [-0.2, -0.15) is 23.1 Å². The lowest BCUT2D eigenvalue weighted by Crippen LogP contribution is -2.39. The molecule has 5 nitrogen and oxygen atoms in total. The summed E-state index contributed by atoms with van der Waals surface area (Å²) in [5.74, 6) is 0.962. The molecule has 1 aliphatic heterocycles. The van der Waals surface area contributed by atoms with Crippen molar-refractivity contribution in [1.82, 2.24) is 10.2 Å². The maximum atomic E-state index is 12.5. The lowest BCUT2D eigenvalue weighted by Gasteiger charge is -2.29. The van der Waals surface area contributed by atoms with E-state index in [1.165, 1.54) is 11.1 Å². The van der Waals surface area contributed by atoms with Gasteiger partial charge in [0.15, 0.2) is 0 Å². The van der Waals surface area contributed by atoms with Gasteiger partial charge in [0.05, 0.1) is 6.04 Å². The second-order valence-corrected chi connectivity index (χ2v) is 9.52. The molecule has 0 aliphatic carbocycles. The maximum absolute atomic E-state index is 12.5. The predicted octanol–water partition coefficient (Wildman–Crippen LogP) is 5.36. The minimum atomic E-state index is -0.156. The van der Waals surface area contributed by atoms with Gasteiger partial charge in [0.2, 0.25) is 0 Å². The molecule has 0 spiro atoms. The Balaban J connectivity index is 1.51. The molecule has 2 amide bonds. The summed E-state index contributed by atoms with van der Waals surface area (Å²) in [5, 5.41) is 11.0. The molecule has 0 radical (unpaired) electrons. The fraction of sp³-hybridized carbons (Fsp3) is 0.522. The van der Waals surface area contributed by atoms with E-state index >= 15 is 0 Å². The van der Waals surface area contributed by atoms with E-state index in [9.17, 15) is 4.79 Å². The highest BCUT2D eigenvalue weighted by Gasteiger charge is 2.19. The topological polar surface area (TPSA) is 53.6 Å². The molecule has 2 heterocycles. The van der Waals surface area contributed by atoms with Crippen molar-refractivity contribution in [1.29, 1.82) is 0 Å². The maximum Gasteiger partial charge on any atom is 0.319 e. The Kier molecular flexibility index (Phi) is 9.52. The zero-order valence-electron chi connectivity index (χ0n) is 17.9. The molecular weight excluding hydrogens is 414 g/mol. The molecule has 3 rings (SSSR count). The summed E-state index contributed by atoms with van der Waals surface area (Å²) in [4.78, 5) is 14.9. The fourth-order valence-electron chi connectivity index (χ4n) is 3.75. The standard InChI is InChI=1S/C23H33N3O2S2/c1-3-26(4-2)22(19-10-13-29-17-19)15-24-23(27)25-20-7-5-6-18(14-20)16-30-21-8-11-28-12-9-21/h5-7,10,13-14,17,21-22H,3-4,8-9,11-12,15-16H2,1-2H3,(H2,24,25,27). The Labute approximate surface area is 188 Å². The number of nitrogens with zero attached hydrogens (tertiary/aromatic N) is 1. The van der Waals surface area contributed by atoms with Crippen LogP contribution < -0.4 is 10.6 Å². The van der Waals surface area contributed by atoms with Crippen molar-refractivity contribution < 1.29 is 9.53 Å². The molecule has 7 heteroatoms. The van der Waals surface area contributed by atoms with Crippen LogP contribution >= 0.6 is 23.1 Å². The molecule has 1 fully saturated rings. The number of rotatable bonds is 10. The number of ether oxygens (including phenoxy) is 1. The molecule has 1 saturated heterocycles. The number of hydrogen-bond donors (Lipinski definition) is 2. The van der Waals surface area contributed by atoms with Crippen LogP contribution in [0.3, 0.4) is 0 Å². The van der Waals surface area contributed by atoms with Crippen molar-refractivity contribution in [2.45, 2.75) is 43.7 Å². The van der Waals surface area contributed by atoms with E-state index in [4.69, 9.17) is 4.74 Å². The van der Waals surface area contributed by atoms with E-state index in [1.54, 1.807) is 11.3 Å². The Morgan fingerprint density at radius 2 is 2.07 bits per heavy atom. The van der Waals surface area contributed by atoms with E-state index in [0.29, 0.717) is 11.8 Å². The number of benzene rings is 1. The second-order valence-electron chi connectivity index (χ2n) is 7.45. The lowest BCUT2D eigenvalue weighted by molar-refractivity contribution is 0.1000. The summed E-state index contributed by atoms with van der Waals surface area (Å²) >= 11 is 3.68. The third-order valence-corrected chi connectivity index (χ3v) is 7.62. The third kappa shape index (κ3) is 7.01. The van der Waals surface area contributed by atoms with Gasteiger partial charge in [-0.25, -0.2) is 4.79 Å². The molecule has 1 aromatic heterocycles. The van der Waals surface area contributed by atoms with Crippen LogP contribution in [0.4, 0.5) is 10.5 Å². The number of thioether (sulfide) groups is 1. The molecule has 1 aromatic carbocycles. The normalized spacial score (nSPS) is 15.8. The lowest BCUT2D eigenvalue weighted by atomic mass is 10.1. The number of nitrogens with one attached hydrogen (secondary N) is 2. The van der Waals surface area contributed by atoms with Gasteiger partial charge < -0.3 is 15.4 Å². The number of anilines is 1. The number of hydrogen-bond acceptors (Lipinski definition) is 5. The van der Waals surface area contributed by atoms with Gasteiger partial charge in [-0.05, 0) is 66.0 Å². The van der Waals surface area contributed by atoms with E-state index in [1.807, 2.05) is 23.9 Å². The van der Waals surface area contributed by atoms with Crippen molar-refractivity contribution >= 4 is 34.8 Å². The summed E-state index contributed by atoms with van der Waals surface area (Å²) in [7, 11) is 0. The Morgan fingerprint density at radius 3 is 2.77 bits per heavy atom. The number of carbonyl (C=O) groups is 1. The number of amides is 2. The van der Waals surface area contributed by atoms with Crippen LogP contribution in [0, 0.1) is 0 Å². The second kappa shape index (κ2) is 12.3. The molecular formula is C23H33N3O2S2. The van der Waals surface area contributed by atoms with Crippen LogP contribution in [0.1, 0.15) is 43.9 Å². The highest BCUT2D eigenvalue weighted by Crippen LogP contribution is 2.26. The summed E-state index contributed by atoms with van der Waals surface area (Å²) in [6, 6.07) is 10.3. The van der Waals surface area contributed by atoms with Gasteiger partial charge in [0, 0.05) is 36.4 Å². The molecule has 1 unspecified atom stereocenters. The largest absolute Gasteiger partial charge is 0.381 e. The smallest absolute Gasteiger partial charge is 0.319 e. The fourth-order valence-corrected chi connectivity index (χ4v) is 5.59. The van der Waals surface area contributed by atoms with Crippen molar-refractivity contribution in [2.24, 2.45) is 0 Å². The molecule has 0 saturated carbocycles. The first kappa shape index (κ1) is 23.1. The molecule has 1 aliphatic rings. The molecule has 164 valence electrons. The number of likely N-dealkylation sites (N-methyl/N-ethyl adjacent to an activating group) is 1. The summed E-state index contributed by atoms with van der Waals surface area (Å²) < 4.78 is 5.44. The molecule has 2 aromatic rings. The quantitative estimate of drug-likeness (QED) is 0.514. The van der Waals surface area contributed by atoms with Crippen LogP contribution in [0.25, 0.3) is 0 Å². The van der Waals surface area contributed by atoms with Crippen LogP contribution in [-0.4, -0.2) is 49.0 Å². The number of carbonyl (C=O) groups excluding carboxylic acids is 1. The molecule has 0 bridgehead atoms. The van der Waals surface area contributed by atoms with Crippen LogP contribution in [-0.2, 0) is 10.5 Å².